The molecule has 10 heavy (non-hydrogen) atoms. The summed E-state index contributed by atoms with van der Waals surface area (Å²) >= 11 is 1.22. The van der Waals surface area contributed by atoms with Crippen molar-refractivity contribution in [2.24, 2.45) is 5.92 Å². The van der Waals surface area contributed by atoms with Gasteiger partial charge in [-0.15, -0.1) is 0 Å². The summed E-state index contributed by atoms with van der Waals surface area (Å²) in [6.45, 7) is 5.76. The highest BCUT2D eigenvalue weighted by Crippen LogP contribution is 2.18. The van der Waals surface area contributed by atoms with Gasteiger partial charge in [-0.3, -0.25) is 4.79 Å². The van der Waals surface area contributed by atoms with Crippen molar-refractivity contribution in [3.63, 3.8) is 0 Å². The Labute approximate surface area is 66.0 Å². The molecule has 0 saturated carbocycles. The van der Waals surface area contributed by atoms with E-state index in [0.29, 0.717) is 11.2 Å². The first-order valence-electron chi connectivity index (χ1n) is 3.38. The molecule has 0 unspecified atom stereocenters. The molecule has 0 radical (unpaired) electrons. The molecule has 0 aromatic carbocycles. The molecule has 0 aliphatic rings. The SMILES string of the molecule is CC(C)[C@@H](C)SC(=O)CO. The quantitative estimate of drug-likeness (QED) is 0.679. The summed E-state index contributed by atoms with van der Waals surface area (Å²) in [7, 11) is 0. The topological polar surface area (TPSA) is 37.3 Å². The van der Waals surface area contributed by atoms with Gasteiger partial charge >= 0.3 is 0 Å². The van der Waals surface area contributed by atoms with E-state index in [4.69, 9.17) is 5.11 Å². The maximum absolute atomic E-state index is 10.6. The van der Waals surface area contributed by atoms with Gasteiger partial charge in [-0.25, -0.2) is 0 Å². The Kier molecular flexibility index (Phi) is 4.73. The molecule has 1 N–H and O–H groups in total. The minimum Gasteiger partial charge on any atom is -0.388 e. The highest BCUT2D eigenvalue weighted by atomic mass is 32.2. The van der Waals surface area contributed by atoms with Crippen LogP contribution in [0, 0.1) is 5.92 Å². The summed E-state index contributed by atoms with van der Waals surface area (Å²) in [5.74, 6) is 0.487. The highest BCUT2D eigenvalue weighted by molar-refractivity contribution is 8.14. The Balaban J connectivity index is 3.57. The fraction of sp³-hybridized carbons (Fsp3) is 0.857. The van der Waals surface area contributed by atoms with E-state index in [1.54, 1.807) is 0 Å². The molecule has 0 saturated heterocycles. The molecule has 0 rings (SSSR count). The first kappa shape index (κ1) is 9.98. The summed E-state index contributed by atoms with van der Waals surface area (Å²) < 4.78 is 0. The van der Waals surface area contributed by atoms with Gasteiger partial charge < -0.3 is 5.11 Å². The molecule has 0 bridgehead atoms. The lowest BCUT2D eigenvalue weighted by Crippen LogP contribution is -2.11. The van der Waals surface area contributed by atoms with E-state index in [-0.39, 0.29) is 11.7 Å². The summed E-state index contributed by atoms with van der Waals surface area (Å²) in [6.07, 6.45) is 0. The molecule has 2 nitrogen and oxygen atoms in total. The number of hydrogen-bond acceptors (Lipinski definition) is 3. The third kappa shape index (κ3) is 3.90. The smallest absolute Gasteiger partial charge is 0.214 e. The number of aliphatic hydroxyl groups excluding tert-OH is 1. The Bertz CT molecular complexity index is 112. The molecular weight excluding hydrogens is 148 g/mol. The molecule has 0 heterocycles. The van der Waals surface area contributed by atoms with Crippen LogP contribution in [0.2, 0.25) is 0 Å². The van der Waals surface area contributed by atoms with E-state index in [1.165, 1.54) is 11.8 Å². The lowest BCUT2D eigenvalue weighted by Gasteiger charge is -2.12. The first-order valence-corrected chi connectivity index (χ1v) is 4.26. The van der Waals surface area contributed by atoms with Crippen LogP contribution in [0.3, 0.4) is 0 Å². The van der Waals surface area contributed by atoms with Gasteiger partial charge in [-0.1, -0.05) is 32.5 Å². The largest absolute Gasteiger partial charge is 0.388 e. The molecule has 3 heteroatoms. The van der Waals surface area contributed by atoms with E-state index >= 15 is 0 Å². The molecule has 0 aliphatic carbocycles. The van der Waals surface area contributed by atoms with Crippen molar-refractivity contribution < 1.29 is 9.90 Å². The van der Waals surface area contributed by atoms with E-state index in [2.05, 4.69) is 13.8 Å². The highest BCUT2D eigenvalue weighted by Gasteiger charge is 2.11. The monoisotopic (exact) mass is 162 g/mol. The van der Waals surface area contributed by atoms with Crippen LogP contribution in [0.1, 0.15) is 20.8 Å². The van der Waals surface area contributed by atoms with E-state index in [1.807, 2.05) is 6.92 Å². The fourth-order valence-corrected chi connectivity index (χ4v) is 1.14. The standard InChI is InChI=1S/C7H14O2S/c1-5(2)6(3)10-7(9)4-8/h5-6,8H,4H2,1-3H3/t6-/m1/s1. The van der Waals surface area contributed by atoms with Crippen molar-refractivity contribution in [3.05, 3.63) is 0 Å². The second kappa shape index (κ2) is 4.74. The Morgan fingerprint density at radius 3 is 2.30 bits per heavy atom. The number of hydrogen-bond donors (Lipinski definition) is 1. The lowest BCUT2D eigenvalue weighted by atomic mass is 10.2. The third-order valence-corrected chi connectivity index (χ3v) is 2.69. The van der Waals surface area contributed by atoms with E-state index < -0.39 is 0 Å². The molecule has 0 amide bonds. The molecule has 0 aliphatic heterocycles. The predicted octanol–water partition coefficient (Wildman–Crippen LogP) is 1.28. The third-order valence-electron chi connectivity index (χ3n) is 1.39. The lowest BCUT2D eigenvalue weighted by molar-refractivity contribution is -0.113. The summed E-state index contributed by atoms with van der Waals surface area (Å²) in [4.78, 5) is 10.6. The first-order chi connectivity index (χ1) is 4.57. The summed E-state index contributed by atoms with van der Waals surface area (Å²) in [5.41, 5.74) is 0. The number of carbonyl (C=O) groups is 1. The summed E-state index contributed by atoms with van der Waals surface area (Å²) in [6, 6.07) is 0. The molecule has 60 valence electrons. The Hall–Kier alpha value is -0.0200. The van der Waals surface area contributed by atoms with Gasteiger partial charge in [0.15, 0.2) is 0 Å². The van der Waals surface area contributed by atoms with Crippen molar-refractivity contribution >= 4 is 16.9 Å². The van der Waals surface area contributed by atoms with Crippen LogP contribution < -0.4 is 0 Å². The van der Waals surface area contributed by atoms with Crippen LogP contribution in [0.25, 0.3) is 0 Å². The van der Waals surface area contributed by atoms with Gasteiger partial charge in [0.2, 0.25) is 5.12 Å². The van der Waals surface area contributed by atoms with Gasteiger partial charge in [0.05, 0.1) is 0 Å². The minimum atomic E-state index is -0.346. The fourth-order valence-electron chi connectivity index (χ4n) is 0.381. The van der Waals surface area contributed by atoms with Crippen molar-refractivity contribution in [2.75, 3.05) is 6.61 Å². The van der Waals surface area contributed by atoms with Crippen LogP contribution in [0.15, 0.2) is 0 Å². The molecular formula is C7H14O2S. The van der Waals surface area contributed by atoms with Crippen molar-refractivity contribution in [2.45, 2.75) is 26.0 Å². The Morgan fingerprint density at radius 2 is 2.00 bits per heavy atom. The second-order valence-corrected chi connectivity index (χ2v) is 4.03. The molecule has 0 aromatic heterocycles. The van der Waals surface area contributed by atoms with Gasteiger partial charge in [0.1, 0.15) is 6.61 Å². The molecule has 0 fully saturated rings. The van der Waals surface area contributed by atoms with Gasteiger partial charge in [0.25, 0.3) is 0 Å². The van der Waals surface area contributed by atoms with Crippen LogP contribution in [0.5, 0.6) is 0 Å². The zero-order valence-corrected chi connectivity index (χ0v) is 7.44. The van der Waals surface area contributed by atoms with Gasteiger partial charge in [0, 0.05) is 5.25 Å². The van der Waals surface area contributed by atoms with Crippen molar-refractivity contribution in [1.82, 2.24) is 0 Å². The second-order valence-electron chi connectivity index (χ2n) is 2.60. The number of aliphatic hydroxyl groups is 1. The average Bonchev–Trinajstić information content (AvgIpc) is 1.87. The van der Waals surface area contributed by atoms with Crippen molar-refractivity contribution in [1.29, 1.82) is 0 Å². The van der Waals surface area contributed by atoms with Crippen LogP contribution >= 0.6 is 11.8 Å². The van der Waals surface area contributed by atoms with Crippen LogP contribution in [-0.2, 0) is 4.79 Å². The van der Waals surface area contributed by atoms with E-state index in [9.17, 15) is 4.79 Å². The van der Waals surface area contributed by atoms with Crippen molar-refractivity contribution in [3.8, 4) is 0 Å². The number of rotatable bonds is 3. The predicted molar refractivity (Wildman–Crippen MR) is 44.0 cm³/mol. The molecule has 0 spiro atoms. The average molecular weight is 162 g/mol. The van der Waals surface area contributed by atoms with Crippen LogP contribution in [-0.4, -0.2) is 22.1 Å². The zero-order valence-electron chi connectivity index (χ0n) is 6.63. The Morgan fingerprint density at radius 1 is 1.50 bits per heavy atom. The molecule has 0 aromatic rings. The van der Waals surface area contributed by atoms with Gasteiger partial charge in [-0.2, -0.15) is 0 Å². The maximum Gasteiger partial charge on any atom is 0.214 e. The normalized spacial score (nSPS) is 13.7. The summed E-state index contributed by atoms with van der Waals surface area (Å²) in [5, 5.41) is 8.56. The zero-order chi connectivity index (χ0) is 8.15. The number of carbonyl (C=O) groups excluding carboxylic acids is 1. The van der Waals surface area contributed by atoms with E-state index in [0.717, 1.165) is 0 Å². The maximum atomic E-state index is 10.6. The van der Waals surface area contributed by atoms with Gasteiger partial charge in [-0.05, 0) is 5.92 Å². The minimum absolute atomic E-state index is 0.138. The van der Waals surface area contributed by atoms with Crippen LogP contribution in [0.4, 0.5) is 0 Å². The molecule has 1 atom stereocenters. The number of thioether (sulfide) groups is 1.